The Labute approximate surface area is 121 Å². The number of alkyl halides is 2. The van der Waals surface area contributed by atoms with Crippen LogP contribution in [-0.2, 0) is 11.2 Å². The van der Waals surface area contributed by atoms with Gasteiger partial charge >= 0.3 is 6.61 Å². The number of nitrogens with one attached hydrogen (secondary N) is 1. The molecule has 0 heterocycles. The van der Waals surface area contributed by atoms with Crippen molar-refractivity contribution in [2.75, 3.05) is 5.32 Å². The molecule has 0 saturated carbocycles. The fraction of sp³-hybridized carbons (Fsp3) is 0.188. The van der Waals surface area contributed by atoms with Crippen LogP contribution in [0.2, 0.25) is 0 Å². The van der Waals surface area contributed by atoms with Gasteiger partial charge in [-0.05, 0) is 36.2 Å². The number of rotatable bonds is 5. The maximum Gasteiger partial charge on any atom is 0.387 e. The molecule has 0 saturated heterocycles. The average molecular weight is 291 g/mol. The molecule has 0 aromatic heterocycles. The average Bonchev–Trinajstić information content (AvgIpc) is 2.43. The molecule has 1 amide bonds. The third kappa shape index (κ3) is 4.56. The van der Waals surface area contributed by atoms with Gasteiger partial charge in [-0.2, -0.15) is 8.78 Å². The lowest BCUT2D eigenvalue weighted by Crippen LogP contribution is -2.15. The van der Waals surface area contributed by atoms with Crippen LogP contribution in [0.1, 0.15) is 11.1 Å². The van der Waals surface area contributed by atoms with Crippen LogP contribution >= 0.6 is 0 Å². The first-order chi connectivity index (χ1) is 10.0. The summed E-state index contributed by atoms with van der Waals surface area (Å²) in [4.78, 5) is 11.9. The second-order valence-electron chi connectivity index (χ2n) is 4.56. The maximum atomic E-state index is 12.0. The van der Waals surface area contributed by atoms with Crippen molar-refractivity contribution in [2.45, 2.75) is 20.0 Å². The highest BCUT2D eigenvalue weighted by atomic mass is 19.3. The van der Waals surface area contributed by atoms with Gasteiger partial charge in [-0.3, -0.25) is 4.79 Å². The molecular formula is C16H15F2NO2. The Bertz CT molecular complexity index is 612. The van der Waals surface area contributed by atoms with E-state index in [0.29, 0.717) is 0 Å². The van der Waals surface area contributed by atoms with Gasteiger partial charge in [-0.15, -0.1) is 0 Å². The quantitative estimate of drug-likeness (QED) is 0.910. The van der Waals surface area contributed by atoms with Gasteiger partial charge in [-0.1, -0.05) is 30.3 Å². The van der Waals surface area contributed by atoms with Gasteiger partial charge in [-0.25, -0.2) is 0 Å². The predicted molar refractivity (Wildman–Crippen MR) is 76.6 cm³/mol. The van der Waals surface area contributed by atoms with Crippen molar-refractivity contribution in [1.29, 1.82) is 0 Å². The zero-order valence-electron chi connectivity index (χ0n) is 11.5. The molecule has 0 spiro atoms. The molecule has 5 heteroatoms. The summed E-state index contributed by atoms with van der Waals surface area (Å²) in [5, 5.41) is 2.82. The van der Waals surface area contributed by atoms with Crippen LogP contribution in [0.4, 0.5) is 14.5 Å². The normalized spacial score (nSPS) is 10.5. The highest BCUT2D eigenvalue weighted by Gasteiger charge is 2.07. The number of amides is 1. The summed E-state index contributed by atoms with van der Waals surface area (Å²) in [6.07, 6.45) is 0.170. The summed E-state index contributed by atoms with van der Waals surface area (Å²) in [5.41, 5.74) is 2.47. The second-order valence-corrected chi connectivity index (χ2v) is 4.56. The van der Waals surface area contributed by atoms with Crippen molar-refractivity contribution in [3.8, 4) is 5.75 Å². The van der Waals surface area contributed by atoms with Gasteiger partial charge in [0, 0.05) is 5.69 Å². The zero-order valence-corrected chi connectivity index (χ0v) is 11.5. The lowest BCUT2D eigenvalue weighted by molar-refractivity contribution is -0.115. The van der Waals surface area contributed by atoms with Crippen LogP contribution in [-0.4, -0.2) is 12.5 Å². The fourth-order valence-corrected chi connectivity index (χ4v) is 1.88. The first-order valence-electron chi connectivity index (χ1n) is 6.44. The lowest BCUT2D eigenvalue weighted by Gasteiger charge is -2.09. The number of benzene rings is 2. The molecule has 0 aliphatic heterocycles. The van der Waals surface area contributed by atoms with E-state index in [4.69, 9.17) is 0 Å². The Morgan fingerprint density at radius 1 is 1.14 bits per heavy atom. The molecule has 2 rings (SSSR count). The molecule has 0 atom stereocenters. The molecule has 2 aromatic rings. The molecule has 0 unspecified atom stereocenters. The summed E-state index contributed by atoms with van der Waals surface area (Å²) in [6, 6.07) is 13.5. The van der Waals surface area contributed by atoms with Gasteiger partial charge in [0.25, 0.3) is 0 Å². The summed E-state index contributed by atoms with van der Waals surface area (Å²) < 4.78 is 28.3. The van der Waals surface area contributed by atoms with Crippen LogP contribution in [0, 0.1) is 6.92 Å². The number of hydrogen-bond acceptors (Lipinski definition) is 2. The lowest BCUT2D eigenvalue weighted by atomic mass is 10.1. The minimum absolute atomic E-state index is 0.0769. The molecule has 2 aromatic carbocycles. The van der Waals surface area contributed by atoms with Gasteiger partial charge in [0.15, 0.2) is 0 Å². The Balaban J connectivity index is 1.95. The third-order valence-corrected chi connectivity index (χ3v) is 2.93. The first-order valence-corrected chi connectivity index (χ1v) is 6.44. The standard InChI is InChI=1S/C16H15F2NO2/c1-11-4-2-3-5-14(11)19-15(20)10-12-6-8-13(9-7-12)21-16(17)18/h2-9,16H,10H2,1H3,(H,19,20). The van der Waals surface area contributed by atoms with E-state index in [2.05, 4.69) is 10.1 Å². The Kier molecular flexibility index (Phi) is 4.87. The number of halogens is 2. The summed E-state index contributed by atoms with van der Waals surface area (Å²) in [5.74, 6) is -0.0834. The predicted octanol–water partition coefficient (Wildman–Crippen LogP) is 3.78. The minimum atomic E-state index is -2.85. The molecule has 0 radical (unpaired) electrons. The van der Waals surface area contributed by atoms with Crippen LogP contribution < -0.4 is 10.1 Å². The summed E-state index contributed by atoms with van der Waals surface area (Å²) >= 11 is 0. The van der Waals surface area contributed by atoms with E-state index in [1.807, 2.05) is 31.2 Å². The van der Waals surface area contributed by atoms with Crippen molar-refractivity contribution < 1.29 is 18.3 Å². The number of ether oxygens (including phenoxy) is 1. The SMILES string of the molecule is Cc1ccccc1NC(=O)Cc1ccc(OC(F)F)cc1. The van der Waals surface area contributed by atoms with Gasteiger partial charge in [0.05, 0.1) is 6.42 Å². The van der Waals surface area contributed by atoms with Gasteiger partial charge < -0.3 is 10.1 Å². The molecule has 110 valence electrons. The van der Waals surface area contributed by atoms with Crippen molar-refractivity contribution >= 4 is 11.6 Å². The first kappa shape index (κ1) is 15.0. The molecule has 21 heavy (non-hydrogen) atoms. The van der Waals surface area contributed by atoms with E-state index in [-0.39, 0.29) is 18.1 Å². The number of para-hydroxylation sites is 1. The highest BCUT2D eigenvalue weighted by molar-refractivity contribution is 5.92. The summed E-state index contributed by atoms with van der Waals surface area (Å²) in [7, 11) is 0. The maximum absolute atomic E-state index is 12.0. The van der Waals surface area contributed by atoms with E-state index >= 15 is 0 Å². The number of carbonyl (C=O) groups excluding carboxylic acids is 1. The monoisotopic (exact) mass is 291 g/mol. The van der Waals surface area contributed by atoms with Crippen LogP contribution in [0.15, 0.2) is 48.5 Å². The Hall–Kier alpha value is -2.43. The molecule has 0 aliphatic rings. The number of hydrogen-bond donors (Lipinski definition) is 1. The van der Waals surface area contributed by atoms with E-state index in [1.165, 1.54) is 12.1 Å². The van der Waals surface area contributed by atoms with Crippen LogP contribution in [0.5, 0.6) is 5.75 Å². The largest absolute Gasteiger partial charge is 0.435 e. The zero-order chi connectivity index (χ0) is 15.2. The topological polar surface area (TPSA) is 38.3 Å². The van der Waals surface area contributed by atoms with Crippen molar-refractivity contribution in [1.82, 2.24) is 0 Å². The number of anilines is 1. The third-order valence-electron chi connectivity index (χ3n) is 2.93. The molecule has 0 bridgehead atoms. The highest BCUT2D eigenvalue weighted by Crippen LogP contribution is 2.17. The van der Waals surface area contributed by atoms with Gasteiger partial charge in [0.1, 0.15) is 5.75 Å². The smallest absolute Gasteiger partial charge is 0.387 e. The fourth-order valence-electron chi connectivity index (χ4n) is 1.88. The van der Waals surface area contributed by atoms with Crippen molar-refractivity contribution in [3.05, 3.63) is 59.7 Å². The summed E-state index contributed by atoms with van der Waals surface area (Å²) in [6.45, 7) is -0.938. The Morgan fingerprint density at radius 2 is 1.81 bits per heavy atom. The van der Waals surface area contributed by atoms with Crippen LogP contribution in [0.3, 0.4) is 0 Å². The molecule has 0 fully saturated rings. The van der Waals surface area contributed by atoms with Gasteiger partial charge in [0.2, 0.25) is 5.91 Å². The molecular weight excluding hydrogens is 276 g/mol. The van der Waals surface area contributed by atoms with E-state index in [0.717, 1.165) is 16.8 Å². The molecule has 0 aliphatic carbocycles. The van der Waals surface area contributed by atoms with E-state index < -0.39 is 6.61 Å². The van der Waals surface area contributed by atoms with E-state index in [1.54, 1.807) is 12.1 Å². The second kappa shape index (κ2) is 6.83. The minimum Gasteiger partial charge on any atom is -0.435 e. The molecule has 3 nitrogen and oxygen atoms in total. The number of carbonyl (C=O) groups is 1. The Morgan fingerprint density at radius 3 is 2.43 bits per heavy atom. The van der Waals surface area contributed by atoms with Crippen LogP contribution in [0.25, 0.3) is 0 Å². The van der Waals surface area contributed by atoms with Crippen molar-refractivity contribution in [3.63, 3.8) is 0 Å². The number of aryl methyl sites for hydroxylation is 1. The molecule has 1 N–H and O–H groups in total. The van der Waals surface area contributed by atoms with Crippen molar-refractivity contribution in [2.24, 2.45) is 0 Å². The van der Waals surface area contributed by atoms with E-state index in [9.17, 15) is 13.6 Å².